The van der Waals surface area contributed by atoms with E-state index in [1.54, 1.807) is 0 Å². The topological polar surface area (TPSA) is 118 Å². The first-order chi connectivity index (χ1) is 18.8. The zero-order valence-corrected chi connectivity index (χ0v) is 29.8. The third-order valence-electron chi connectivity index (χ3n) is 13.8. The molecule has 7 nitrogen and oxygen atoms in total. The second-order valence-corrected chi connectivity index (χ2v) is 16.3. The Labute approximate surface area is 320 Å². The van der Waals surface area contributed by atoms with E-state index in [9.17, 15) is 24.3 Å². The van der Waals surface area contributed by atoms with Gasteiger partial charge < -0.3 is 14.9 Å². The second-order valence-electron chi connectivity index (χ2n) is 16.3. The van der Waals surface area contributed by atoms with E-state index < -0.39 is 23.3 Å². The van der Waals surface area contributed by atoms with Gasteiger partial charge in [-0.1, -0.05) is 47.1 Å². The van der Waals surface area contributed by atoms with Crippen molar-refractivity contribution in [3.05, 3.63) is 11.6 Å². The predicted molar refractivity (Wildman–Crippen MR) is 168 cm³/mol. The number of fused-ring (bicyclic) bond motifs is 7. The molecule has 9 atom stereocenters. The van der Waals surface area contributed by atoms with Gasteiger partial charge in [-0.3, -0.25) is 19.2 Å². The minimum absolute atomic E-state index is 0. The molecule has 2 N–H and O–H groups in total. The number of carboxylic acids is 2. The Morgan fingerprint density at radius 1 is 0.864 bits per heavy atom. The zero-order chi connectivity index (χ0) is 30.4. The molecule has 0 amide bonds. The van der Waals surface area contributed by atoms with Gasteiger partial charge in [0.1, 0.15) is 6.10 Å². The maximum atomic E-state index is 14.5. The zero-order valence-electron chi connectivity index (χ0n) is 26.8. The Kier molecular flexibility index (Phi) is 12.4. The van der Waals surface area contributed by atoms with E-state index in [1.807, 2.05) is 13.0 Å². The first kappa shape index (κ1) is 40.6. The van der Waals surface area contributed by atoms with Gasteiger partial charge in [-0.05, 0) is 104 Å². The fourth-order valence-corrected chi connectivity index (χ4v) is 11.0. The number of carbonyl (C=O) groups is 4. The minimum Gasteiger partial charge on any atom is 0 e. The third-order valence-corrected chi connectivity index (χ3v) is 13.8. The maximum absolute atomic E-state index is 14.5. The molecule has 4 saturated carbocycles. The number of carboxylic acid groups (broad SMARTS) is 2. The summed E-state index contributed by atoms with van der Waals surface area (Å²) in [5.74, 6) is -1.87. The number of ether oxygens (including phenoxy) is 1. The Hall–Kier alpha value is 0.443. The molecular weight excluding hydrogens is 632 g/mol. The monoisotopic (exact) mass is 682 g/mol. The van der Waals surface area contributed by atoms with Crippen LogP contribution in [0.2, 0.25) is 0 Å². The van der Waals surface area contributed by atoms with Gasteiger partial charge >= 0.3 is 77.0 Å². The summed E-state index contributed by atoms with van der Waals surface area (Å²) in [6, 6.07) is 0. The van der Waals surface area contributed by atoms with Gasteiger partial charge in [0.25, 0.3) is 0 Å². The van der Waals surface area contributed by atoms with Crippen molar-refractivity contribution in [2.24, 2.45) is 50.2 Å². The summed E-state index contributed by atoms with van der Waals surface area (Å²) in [4.78, 5) is 50.3. The molecular formula is C34H52Na2O7Zn. The average Bonchev–Trinajstić information content (AvgIpc) is 2.86. The molecule has 5 aliphatic carbocycles. The van der Waals surface area contributed by atoms with Gasteiger partial charge in [0.2, 0.25) is 0 Å². The summed E-state index contributed by atoms with van der Waals surface area (Å²) in [6.45, 7) is 15.5. The van der Waals surface area contributed by atoms with Gasteiger partial charge in [0, 0.05) is 30.8 Å². The summed E-state index contributed by atoms with van der Waals surface area (Å²) >= 11 is 0. The van der Waals surface area contributed by atoms with Crippen LogP contribution in [0.25, 0.3) is 0 Å². The van der Waals surface area contributed by atoms with Gasteiger partial charge in [-0.15, -0.1) is 0 Å². The molecule has 0 heterocycles. The third kappa shape index (κ3) is 6.09. The Bertz CT molecular complexity index is 1220. The number of allylic oxidation sites excluding steroid dienone is 2. The summed E-state index contributed by atoms with van der Waals surface area (Å²) in [5, 5.41) is 19.1. The van der Waals surface area contributed by atoms with Crippen molar-refractivity contribution in [1.82, 2.24) is 0 Å². The molecule has 0 aliphatic heterocycles. The van der Waals surface area contributed by atoms with Gasteiger partial charge in [0.05, 0.1) is 18.3 Å². The maximum Gasteiger partial charge on any atom is 0 e. The largest absolute Gasteiger partial charge is 0 e. The van der Waals surface area contributed by atoms with Crippen LogP contribution in [0.3, 0.4) is 0 Å². The minimum atomic E-state index is -1.01. The standard InChI is InChI=1S/C34H50O7.2Na.Zn.2H/c1-29(2)23-10-13-34(7)27(32(23,5)12-11-24(29)41-26(38)9-8-25(36)37)22(35)18-20-21-19-31(4,28(39)40)15-14-30(21,3)16-17-33(20,34)6;;;;;/h18,21,23-24,27H,8-17,19H2,1-7H3,(H,36,37)(H,39,40);;;;;/t21-,23-,24-,27+,30+,31-,32-,33+,34+;;;;;/m0...../s1. The van der Waals surface area contributed by atoms with E-state index in [-0.39, 0.29) is 148 Å². The summed E-state index contributed by atoms with van der Waals surface area (Å²) in [6.07, 6.45) is 8.80. The van der Waals surface area contributed by atoms with Crippen molar-refractivity contribution in [3.63, 3.8) is 0 Å². The van der Waals surface area contributed by atoms with Crippen LogP contribution in [0.5, 0.6) is 0 Å². The molecule has 0 bridgehead atoms. The van der Waals surface area contributed by atoms with Crippen LogP contribution >= 0.6 is 0 Å². The van der Waals surface area contributed by atoms with Crippen molar-refractivity contribution in [1.29, 1.82) is 0 Å². The van der Waals surface area contributed by atoms with E-state index in [1.165, 1.54) is 5.57 Å². The quantitative estimate of drug-likeness (QED) is 0.289. The van der Waals surface area contributed by atoms with Crippen molar-refractivity contribution >= 4 is 82.8 Å². The van der Waals surface area contributed by atoms with E-state index >= 15 is 0 Å². The summed E-state index contributed by atoms with van der Waals surface area (Å²) in [7, 11) is 0. The molecule has 0 spiro atoms. The van der Waals surface area contributed by atoms with E-state index in [0.717, 1.165) is 38.5 Å². The number of rotatable bonds is 5. The molecule has 0 aromatic carbocycles. The molecule has 10 heteroatoms. The SMILES string of the molecule is CC1(C)[C@@H](OC(=O)CCC(=O)O)CC[C@]2(C)[C@H]3C(=O)C=C4[C@@H]5C[C@@](C)(C(=O)O)CC[C@]5(C)CC[C@@]4(C)[C@]3(C)CC[C@@H]12.[NaH].[NaH].[Zn]. The number of hydrogen-bond donors (Lipinski definition) is 2. The fraction of sp³-hybridized carbons (Fsp3) is 0.824. The number of carbonyl (C=O) groups excluding carboxylic acids is 2. The van der Waals surface area contributed by atoms with Crippen LogP contribution in [0, 0.1) is 50.2 Å². The summed E-state index contributed by atoms with van der Waals surface area (Å²) < 4.78 is 5.91. The normalized spacial score (nSPS) is 43.4. The van der Waals surface area contributed by atoms with Crippen LogP contribution in [0.4, 0.5) is 0 Å². The molecule has 44 heavy (non-hydrogen) atoms. The Morgan fingerprint density at radius 2 is 1.48 bits per heavy atom. The molecule has 5 aliphatic rings. The van der Waals surface area contributed by atoms with Crippen LogP contribution in [-0.2, 0) is 43.4 Å². The predicted octanol–water partition coefficient (Wildman–Crippen LogP) is 5.53. The van der Waals surface area contributed by atoms with Crippen LogP contribution in [0.1, 0.15) is 119 Å². The molecule has 0 unspecified atom stereocenters. The molecule has 5 rings (SSSR count). The smallest absolute Gasteiger partial charge is 0 e. The van der Waals surface area contributed by atoms with Crippen LogP contribution in [0.15, 0.2) is 11.6 Å². The Balaban J connectivity index is 0.00000225. The van der Waals surface area contributed by atoms with Crippen LogP contribution in [-0.4, -0.2) is 99.1 Å². The van der Waals surface area contributed by atoms with Crippen molar-refractivity contribution in [2.75, 3.05) is 0 Å². The number of ketones is 1. The number of hydrogen-bond acceptors (Lipinski definition) is 5. The van der Waals surface area contributed by atoms with Crippen LogP contribution < -0.4 is 0 Å². The average molecular weight is 684 g/mol. The summed E-state index contributed by atoms with van der Waals surface area (Å²) in [5.41, 5.74) is -0.553. The Morgan fingerprint density at radius 3 is 2.07 bits per heavy atom. The van der Waals surface area contributed by atoms with Gasteiger partial charge in [-0.25, -0.2) is 0 Å². The number of aliphatic carboxylic acids is 2. The van der Waals surface area contributed by atoms with Crippen molar-refractivity contribution in [3.8, 4) is 0 Å². The first-order valence-corrected chi connectivity index (χ1v) is 15.7. The molecule has 0 saturated heterocycles. The second kappa shape index (κ2) is 13.4. The van der Waals surface area contributed by atoms with Gasteiger partial charge in [-0.2, -0.15) is 0 Å². The molecule has 234 valence electrons. The molecule has 0 aromatic heterocycles. The fourth-order valence-electron chi connectivity index (χ4n) is 11.0. The van der Waals surface area contributed by atoms with Gasteiger partial charge in [0.15, 0.2) is 5.78 Å². The molecule has 0 aromatic rings. The van der Waals surface area contributed by atoms with E-state index in [0.29, 0.717) is 19.3 Å². The van der Waals surface area contributed by atoms with Crippen molar-refractivity contribution in [2.45, 2.75) is 125 Å². The van der Waals surface area contributed by atoms with E-state index in [2.05, 4.69) is 41.5 Å². The number of esters is 1. The molecule has 4 fully saturated rings. The first-order valence-electron chi connectivity index (χ1n) is 15.7. The molecule has 0 radical (unpaired) electrons. The van der Waals surface area contributed by atoms with E-state index in [4.69, 9.17) is 9.84 Å². The van der Waals surface area contributed by atoms with Crippen molar-refractivity contribution < 1.29 is 53.6 Å².